The number of nitrogens with zero attached hydrogens (tertiary/aromatic N) is 2. The van der Waals surface area contributed by atoms with Crippen molar-refractivity contribution >= 4 is 60.6 Å². The van der Waals surface area contributed by atoms with E-state index in [2.05, 4.69) is 37.9 Å². The lowest BCUT2D eigenvalue weighted by atomic mass is 10.2. The molecule has 2 rings (SSSR count). The SMILES string of the molecule is Br.Cc1c2n(c(C#N)c(Br)c1=O)C(CBr)CS2. The van der Waals surface area contributed by atoms with Gasteiger partial charge in [-0.3, -0.25) is 4.79 Å². The van der Waals surface area contributed by atoms with Crippen molar-refractivity contribution in [3.63, 3.8) is 0 Å². The average Bonchev–Trinajstić information content (AvgIpc) is 2.71. The summed E-state index contributed by atoms with van der Waals surface area (Å²) in [5, 5.41) is 10.9. The highest BCUT2D eigenvalue weighted by atomic mass is 79.9. The van der Waals surface area contributed by atoms with Crippen LogP contribution in [0, 0.1) is 18.3 Å². The van der Waals surface area contributed by atoms with E-state index in [9.17, 15) is 4.79 Å². The molecule has 0 aromatic carbocycles. The summed E-state index contributed by atoms with van der Waals surface area (Å²) in [5.41, 5.74) is 1.07. The van der Waals surface area contributed by atoms with Crippen molar-refractivity contribution in [1.82, 2.24) is 4.57 Å². The lowest BCUT2D eigenvalue weighted by molar-refractivity contribution is 0.578. The fraction of sp³-hybridized carbons (Fsp3) is 0.400. The van der Waals surface area contributed by atoms with Crippen LogP contribution >= 0.6 is 60.6 Å². The highest BCUT2D eigenvalue weighted by molar-refractivity contribution is 9.10. The van der Waals surface area contributed by atoms with Crippen LogP contribution in [0.1, 0.15) is 17.3 Å². The first-order chi connectivity index (χ1) is 7.61. The topological polar surface area (TPSA) is 45.8 Å². The molecule has 0 saturated heterocycles. The van der Waals surface area contributed by atoms with Crippen molar-refractivity contribution in [1.29, 1.82) is 5.26 Å². The van der Waals surface area contributed by atoms with E-state index in [1.807, 2.05) is 11.5 Å². The summed E-state index contributed by atoms with van der Waals surface area (Å²) in [4.78, 5) is 11.9. The first-order valence-corrected chi connectivity index (χ1v) is 7.55. The number of fused-ring (bicyclic) bond motifs is 1. The van der Waals surface area contributed by atoms with E-state index >= 15 is 0 Å². The summed E-state index contributed by atoms with van der Waals surface area (Å²) in [7, 11) is 0. The maximum atomic E-state index is 11.9. The van der Waals surface area contributed by atoms with Crippen molar-refractivity contribution in [2.75, 3.05) is 11.1 Å². The van der Waals surface area contributed by atoms with Crippen molar-refractivity contribution in [2.24, 2.45) is 0 Å². The number of rotatable bonds is 1. The average molecular weight is 445 g/mol. The van der Waals surface area contributed by atoms with Crippen LogP contribution in [0.25, 0.3) is 0 Å². The second kappa shape index (κ2) is 5.91. The minimum Gasteiger partial charge on any atom is -0.321 e. The summed E-state index contributed by atoms with van der Waals surface area (Å²) in [6.07, 6.45) is 0. The van der Waals surface area contributed by atoms with Gasteiger partial charge < -0.3 is 4.57 Å². The van der Waals surface area contributed by atoms with Gasteiger partial charge in [-0.1, -0.05) is 15.9 Å². The Balaban J connectivity index is 0.00000144. The van der Waals surface area contributed by atoms with E-state index in [-0.39, 0.29) is 28.5 Å². The maximum Gasteiger partial charge on any atom is 0.201 e. The van der Waals surface area contributed by atoms with E-state index in [1.54, 1.807) is 11.8 Å². The van der Waals surface area contributed by atoms with Crippen LogP contribution in [0.15, 0.2) is 14.3 Å². The summed E-state index contributed by atoms with van der Waals surface area (Å²) in [6, 6.07) is 2.35. The summed E-state index contributed by atoms with van der Waals surface area (Å²) < 4.78 is 2.34. The molecule has 0 aliphatic carbocycles. The molecular formula is C10H9Br3N2OS. The molecule has 3 nitrogen and oxygen atoms in total. The third-order valence-corrected chi connectivity index (χ3v) is 5.40. The molecule has 0 bridgehead atoms. The number of thioether (sulfide) groups is 1. The van der Waals surface area contributed by atoms with Gasteiger partial charge in [-0.2, -0.15) is 5.26 Å². The Labute approximate surface area is 131 Å². The van der Waals surface area contributed by atoms with Crippen LogP contribution in [0.4, 0.5) is 0 Å². The molecule has 2 heterocycles. The van der Waals surface area contributed by atoms with Gasteiger partial charge in [0.1, 0.15) is 11.8 Å². The number of pyridine rings is 1. The molecule has 92 valence electrons. The Hall–Kier alpha value is 0.230. The second-order valence-electron chi connectivity index (χ2n) is 3.52. The van der Waals surface area contributed by atoms with E-state index in [1.165, 1.54) is 0 Å². The van der Waals surface area contributed by atoms with E-state index < -0.39 is 0 Å². The smallest absolute Gasteiger partial charge is 0.201 e. The molecule has 1 aliphatic heterocycles. The monoisotopic (exact) mass is 442 g/mol. The van der Waals surface area contributed by atoms with Gasteiger partial charge in [0.2, 0.25) is 5.43 Å². The van der Waals surface area contributed by atoms with Crippen molar-refractivity contribution in [3.05, 3.63) is 26.0 Å². The Morgan fingerprint density at radius 2 is 2.29 bits per heavy atom. The van der Waals surface area contributed by atoms with Gasteiger partial charge in [0, 0.05) is 16.6 Å². The predicted octanol–water partition coefficient (Wildman–Crippen LogP) is 3.41. The Morgan fingerprint density at radius 3 is 2.82 bits per heavy atom. The standard InChI is InChI=1S/C10H8Br2N2OS.BrH/c1-5-9(15)8(12)7(3-13)14-6(2-11)4-16-10(5)14;/h6H,2,4H2,1H3;1H. The van der Waals surface area contributed by atoms with Crippen LogP contribution in [-0.2, 0) is 0 Å². The summed E-state index contributed by atoms with van der Waals surface area (Å²) in [5.74, 6) is 0.899. The lowest BCUT2D eigenvalue weighted by Gasteiger charge is -2.15. The van der Waals surface area contributed by atoms with Crippen LogP contribution < -0.4 is 5.43 Å². The molecule has 1 aromatic heterocycles. The summed E-state index contributed by atoms with van der Waals surface area (Å²) >= 11 is 8.30. The fourth-order valence-electron chi connectivity index (χ4n) is 1.75. The number of nitriles is 1. The van der Waals surface area contributed by atoms with Gasteiger partial charge >= 0.3 is 0 Å². The molecule has 1 aromatic rings. The van der Waals surface area contributed by atoms with Gasteiger partial charge in [-0.15, -0.1) is 28.7 Å². The highest BCUT2D eigenvalue weighted by Gasteiger charge is 2.28. The molecule has 1 aliphatic rings. The molecular weight excluding hydrogens is 436 g/mol. The van der Waals surface area contributed by atoms with Crippen molar-refractivity contribution in [3.8, 4) is 6.07 Å². The number of aromatic nitrogens is 1. The third-order valence-electron chi connectivity index (χ3n) is 2.59. The zero-order chi connectivity index (χ0) is 11.9. The van der Waals surface area contributed by atoms with E-state index in [0.29, 0.717) is 10.2 Å². The molecule has 7 heteroatoms. The first-order valence-electron chi connectivity index (χ1n) is 4.65. The van der Waals surface area contributed by atoms with Crippen LogP contribution in [0.3, 0.4) is 0 Å². The fourth-order valence-corrected chi connectivity index (χ4v) is 4.45. The second-order valence-corrected chi connectivity index (χ2v) is 5.97. The normalized spacial score (nSPS) is 17.2. The Morgan fingerprint density at radius 1 is 1.65 bits per heavy atom. The number of alkyl halides is 1. The number of halogens is 3. The predicted molar refractivity (Wildman–Crippen MR) is 81.7 cm³/mol. The Bertz CT molecular complexity index is 550. The molecule has 1 atom stereocenters. The van der Waals surface area contributed by atoms with Gasteiger partial charge in [0.05, 0.1) is 15.5 Å². The zero-order valence-electron chi connectivity index (χ0n) is 8.87. The lowest BCUT2D eigenvalue weighted by Crippen LogP contribution is -2.20. The molecule has 0 fully saturated rings. The Kier molecular flexibility index (Phi) is 5.32. The zero-order valence-corrected chi connectivity index (χ0v) is 14.6. The van der Waals surface area contributed by atoms with Gasteiger partial charge in [-0.25, -0.2) is 0 Å². The van der Waals surface area contributed by atoms with E-state index in [0.717, 1.165) is 21.7 Å². The van der Waals surface area contributed by atoms with Crippen LogP contribution in [0.5, 0.6) is 0 Å². The van der Waals surface area contributed by atoms with Crippen molar-refractivity contribution < 1.29 is 0 Å². The molecule has 0 spiro atoms. The molecule has 0 amide bonds. The number of hydrogen-bond donors (Lipinski definition) is 0. The minimum atomic E-state index is -0.0782. The maximum absolute atomic E-state index is 11.9. The molecule has 0 saturated carbocycles. The quantitative estimate of drug-likeness (QED) is 0.623. The molecule has 17 heavy (non-hydrogen) atoms. The van der Waals surface area contributed by atoms with Gasteiger partial charge in [0.15, 0.2) is 0 Å². The van der Waals surface area contributed by atoms with Crippen LogP contribution in [-0.4, -0.2) is 15.7 Å². The molecule has 0 N–H and O–H groups in total. The highest BCUT2D eigenvalue weighted by Crippen LogP contribution is 2.38. The van der Waals surface area contributed by atoms with Gasteiger partial charge in [-0.05, 0) is 22.9 Å². The molecule has 1 unspecified atom stereocenters. The van der Waals surface area contributed by atoms with Crippen molar-refractivity contribution in [2.45, 2.75) is 18.0 Å². The van der Waals surface area contributed by atoms with Gasteiger partial charge in [0.25, 0.3) is 0 Å². The van der Waals surface area contributed by atoms with E-state index in [4.69, 9.17) is 5.26 Å². The van der Waals surface area contributed by atoms with Crippen LogP contribution in [0.2, 0.25) is 0 Å². The minimum absolute atomic E-state index is 0. The largest absolute Gasteiger partial charge is 0.321 e. The summed E-state index contributed by atoms with van der Waals surface area (Å²) in [6.45, 7) is 1.81. The third kappa shape index (κ3) is 2.37. The first kappa shape index (κ1) is 15.3. The number of hydrogen-bond acceptors (Lipinski definition) is 3. The molecule has 0 radical (unpaired) electrons.